The van der Waals surface area contributed by atoms with Gasteiger partial charge in [-0.2, -0.15) is 13.2 Å². The van der Waals surface area contributed by atoms with Crippen molar-refractivity contribution in [2.24, 2.45) is 0 Å². The summed E-state index contributed by atoms with van der Waals surface area (Å²) in [4.78, 5) is 3.91. The third kappa shape index (κ3) is 1.82. The van der Waals surface area contributed by atoms with E-state index < -0.39 is 11.7 Å². The molecule has 0 N–H and O–H groups in total. The van der Waals surface area contributed by atoms with Crippen LogP contribution in [0.2, 0.25) is 0 Å². The first-order valence-corrected chi connectivity index (χ1v) is 4.10. The molecule has 1 aliphatic rings. The molecule has 0 spiro atoms. The number of halogens is 3. The average molecular weight is 187 g/mol. The van der Waals surface area contributed by atoms with E-state index >= 15 is 0 Å². The third-order valence-electron chi connectivity index (χ3n) is 2.10. The summed E-state index contributed by atoms with van der Waals surface area (Å²) in [5.41, 5.74) is -0.0146. The van der Waals surface area contributed by atoms with Crippen molar-refractivity contribution in [3.63, 3.8) is 0 Å². The van der Waals surface area contributed by atoms with Gasteiger partial charge in [0.2, 0.25) is 0 Å². The summed E-state index contributed by atoms with van der Waals surface area (Å²) in [5.74, 6) is 0.266. The normalized spacial score (nSPS) is 17.5. The van der Waals surface area contributed by atoms with E-state index in [1.54, 1.807) is 0 Å². The van der Waals surface area contributed by atoms with E-state index in [0.717, 1.165) is 25.0 Å². The quantitative estimate of drug-likeness (QED) is 0.658. The van der Waals surface area contributed by atoms with E-state index in [2.05, 4.69) is 4.98 Å². The van der Waals surface area contributed by atoms with Crippen LogP contribution in [0.4, 0.5) is 13.2 Å². The van der Waals surface area contributed by atoms with Crippen LogP contribution in [0.5, 0.6) is 0 Å². The summed E-state index contributed by atoms with van der Waals surface area (Å²) in [6.45, 7) is 0. The topological polar surface area (TPSA) is 12.9 Å². The van der Waals surface area contributed by atoms with Gasteiger partial charge < -0.3 is 0 Å². The van der Waals surface area contributed by atoms with Crippen LogP contribution in [0.15, 0.2) is 18.3 Å². The average Bonchev–Trinajstić information content (AvgIpc) is 2.85. The van der Waals surface area contributed by atoms with Gasteiger partial charge >= 0.3 is 6.18 Å². The second-order valence-electron chi connectivity index (χ2n) is 3.24. The van der Waals surface area contributed by atoms with Crippen LogP contribution in [0.3, 0.4) is 0 Å². The molecule has 0 unspecified atom stereocenters. The lowest BCUT2D eigenvalue weighted by atomic mass is 10.2. The molecule has 2 rings (SSSR count). The number of rotatable bonds is 1. The molecular formula is C9H8F3N. The summed E-state index contributed by atoms with van der Waals surface area (Å²) < 4.78 is 36.7. The summed E-state index contributed by atoms with van der Waals surface area (Å²) >= 11 is 0. The van der Waals surface area contributed by atoms with Crippen molar-refractivity contribution in [1.82, 2.24) is 4.98 Å². The Morgan fingerprint density at radius 3 is 2.54 bits per heavy atom. The molecule has 0 radical (unpaired) electrons. The fourth-order valence-corrected chi connectivity index (χ4v) is 1.23. The minimum atomic E-state index is -4.24. The van der Waals surface area contributed by atoms with Gasteiger partial charge in [0, 0.05) is 17.8 Å². The maximum atomic E-state index is 12.2. The minimum Gasteiger partial charge on any atom is -0.261 e. The van der Waals surface area contributed by atoms with Crippen molar-refractivity contribution in [2.45, 2.75) is 24.9 Å². The van der Waals surface area contributed by atoms with Gasteiger partial charge in [0.25, 0.3) is 0 Å². The largest absolute Gasteiger partial charge is 0.416 e. The van der Waals surface area contributed by atoms with E-state index in [4.69, 9.17) is 0 Å². The molecule has 0 aromatic carbocycles. The predicted octanol–water partition coefficient (Wildman–Crippen LogP) is 2.98. The van der Waals surface area contributed by atoms with Gasteiger partial charge in [0.05, 0.1) is 5.56 Å². The van der Waals surface area contributed by atoms with E-state index in [0.29, 0.717) is 5.69 Å². The van der Waals surface area contributed by atoms with Crippen molar-refractivity contribution < 1.29 is 13.2 Å². The standard InChI is InChI=1S/C9H8F3N/c10-9(11,12)7-3-4-13-8(5-7)6-1-2-6/h3-6H,1-2H2. The van der Waals surface area contributed by atoms with Crippen LogP contribution < -0.4 is 0 Å². The van der Waals surface area contributed by atoms with Gasteiger partial charge in [-0.25, -0.2) is 0 Å². The SMILES string of the molecule is FC(F)(F)c1ccnc(C2CC2)c1. The van der Waals surface area contributed by atoms with Gasteiger partial charge in [0.15, 0.2) is 0 Å². The zero-order valence-electron chi connectivity index (χ0n) is 6.80. The Kier molecular flexibility index (Phi) is 1.78. The molecule has 1 aromatic rings. The van der Waals surface area contributed by atoms with Crippen molar-refractivity contribution in [2.75, 3.05) is 0 Å². The van der Waals surface area contributed by atoms with Crippen molar-refractivity contribution >= 4 is 0 Å². The molecule has 1 saturated carbocycles. The zero-order chi connectivity index (χ0) is 9.47. The number of pyridine rings is 1. The highest BCUT2D eigenvalue weighted by Crippen LogP contribution is 2.40. The molecular weight excluding hydrogens is 179 g/mol. The monoisotopic (exact) mass is 187 g/mol. The van der Waals surface area contributed by atoms with Crippen molar-refractivity contribution in [3.8, 4) is 0 Å². The molecule has 1 nitrogen and oxygen atoms in total. The Morgan fingerprint density at radius 1 is 1.31 bits per heavy atom. The van der Waals surface area contributed by atoms with Crippen LogP contribution >= 0.6 is 0 Å². The van der Waals surface area contributed by atoms with E-state index in [1.165, 1.54) is 6.20 Å². The Hall–Kier alpha value is -1.06. The summed E-state index contributed by atoms with van der Waals surface area (Å²) in [5, 5.41) is 0. The van der Waals surface area contributed by atoms with Crippen LogP contribution in [0.25, 0.3) is 0 Å². The first kappa shape index (κ1) is 8.53. The van der Waals surface area contributed by atoms with Crippen LogP contribution in [0, 0.1) is 0 Å². The molecule has 4 heteroatoms. The highest BCUT2D eigenvalue weighted by Gasteiger charge is 2.33. The van der Waals surface area contributed by atoms with Crippen molar-refractivity contribution in [1.29, 1.82) is 0 Å². The molecule has 0 atom stereocenters. The Bertz CT molecular complexity index is 315. The summed E-state index contributed by atoms with van der Waals surface area (Å²) in [7, 11) is 0. The lowest BCUT2D eigenvalue weighted by molar-refractivity contribution is -0.137. The third-order valence-corrected chi connectivity index (χ3v) is 2.10. The molecule has 0 saturated heterocycles. The van der Waals surface area contributed by atoms with Gasteiger partial charge in [-0.3, -0.25) is 4.98 Å². The first-order valence-electron chi connectivity index (χ1n) is 4.10. The van der Waals surface area contributed by atoms with Crippen LogP contribution in [-0.4, -0.2) is 4.98 Å². The molecule has 1 aromatic heterocycles. The Morgan fingerprint density at radius 2 is 2.00 bits per heavy atom. The summed E-state index contributed by atoms with van der Waals surface area (Å²) in [6.07, 6.45) is -1.08. The number of hydrogen-bond donors (Lipinski definition) is 0. The maximum Gasteiger partial charge on any atom is 0.416 e. The molecule has 1 heterocycles. The van der Waals surface area contributed by atoms with Gasteiger partial charge in [-0.05, 0) is 25.0 Å². The second kappa shape index (κ2) is 2.72. The Labute approximate surface area is 73.6 Å². The van der Waals surface area contributed by atoms with Gasteiger partial charge in [-0.1, -0.05) is 0 Å². The molecule has 1 fully saturated rings. The molecule has 0 bridgehead atoms. The first-order chi connectivity index (χ1) is 6.07. The number of hydrogen-bond acceptors (Lipinski definition) is 1. The lowest BCUT2D eigenvalue weighted by Crippen LogP contribution is -2.05. The van der Waals surface area contributed by atoms with Crippen molar-refractivity contribution in [3.05, 3.63) is 29.6 Å². The smallest absolute Gasteiger partial charge is 0.261 e. The lowest BCUT2D eigenvalue weighted by Gasteiger charge is -2.06. The molecule has 13 heavy (non-hydrogen) atoms. The van der Waals surface area contributed by atoms with E-state index in [-0.39, 0.29) is 5.92 Å². The molecule has 0 aliphatic heterocycles. The van der Waals surface area contributed by atoms with Crippen LogP contribution in [0.1, 0.15) is 30.0 Å². The fourth-order valence-electron chi connectivity index (χ4n) is 1.23. The summed E-state index contributed by atoms with van der Waals surface area (Å²) in [6, 6.07) is 2.16. The van der Waals surface area contributed by atoms with Gasteiger partial charge in [0.1, 0.15) is 0 Å². The number of aromatic nitrogens is 1. The second-order valence-corrected chi connectivity index (χ2v) is 3.24. The Balaban J connectivity index is 2.32. The minimum absolute atomic E-state index is 0.266. The highest BCUT2D eigenvalue weighted by molar-refractivity contribution is 5.24. The van der Waals surface area contributed by atoms with Gasteiger partial charge in [-0.15, -0.1) is 0 Å². The number of nitrogens with zero attached hydrogens (tertiary/aromatic N) is 1. The zero-order valence-corrected chi connectivity index (χ0v) is 6.80. The molecule has 0 amide bonds. The van der Waals surface area contributed by atoms with Crippen LogP contribution in [-0.2, 0) is 6.18 Å². The highest BCUT2D eigenvalue weighted by atomic mass is 19.4. The van der Waals surface area contributed by atoms with E-state index in [9.17, 15) is 13.2 Å². The van der Waals surface area contributed by atoms with E-state index in [1.807, 2.05) is 0 Å². The number of alkyl halides is 3. The molecule has 70 valence electrons. The fraction of sp³-hybridized carbons (Fsp3) is 0.444. The molecule has 1 aliphatic carbocycles. The maximum absolute atomic E-state index is 12.2. The predicted molar refractivity (Wildman–Crippen MR) is 41.2 cm³/mol.